The molecular formula is C12H23N. The molecule has 0 radical (unpaired) electrons. The van der Waals surface area contributed by atoms with Crippen LogP contribution in [-0.2, 0) is 0 Å². The standard InChI is InChI=1S/C10H17N.C2H6/c1-9(2)6-7-10-5-4-8-11(10)3;1-2/h6-7,10H,1,4-5,8H2,2-3H3;1-2H3/b7-6+;/t10-;/m1./s1. The maximum atomic E-state index is 3.84. The van der Waals surface area contributed by atoms with Gasteiger partial charge in [0.05, 0.1) is 0 Å². The van der Waals surface area contributed by atoms with Gasteiger partial charge in [0, 0.05) is 6.04 Å². The van der Waals surface area contributed by atoms with E-state index in [2.05, 4.69) is 30.7 Å². The lowest BCUT2D eigenvalue weighted by Gasteiger charge is -2.14. The quantitative estimate of drug-likeness (QED) is 0.591. The van der Waals surface area contributed by atoms with Gasteiger partial charge in [-0.3, -0.25) is 4.90 Å². The first-order valence-electron chi connectivity index (χ1n) is 5.24. The average molecular weight is 181 g/mol. The Kier molecular flexibility index (Phi) is 6.61. The summed E-state index contributed by atoms with van der Waals surface area (Å²) >= 11 is 0. The highest BCUT2D eigenvalue weighted by molar-refractivity contribution is 5.14. The number of hydrogen-bond donors (Lipinski definition) is 0. The number of rotatable bonds is 2. The van der Waals surface area contributed by atoms with Crippen molar-refractivity contribution in [2.24, 2.45) is 0 Å². The third-order valence-electron chi connectivity index (χ3n) is 2.18. The highest BCUT2D eigenvalue weighted by Crippen LogP contribution is 2.15. The summed E-state index contributed by atoms with van der Waals surface area (Å²) in [7, 11) is 2.18. The molecule has 0 saturated carbocycles. The number of hydrogen-bond acceptors (Lipinski definition) is 1. The van der Waals surface area contributed by atoms with Crippen LogP contribution in [0.2, 0.25) is 0 Å². The summed E-state index contributed by atoms with van der Waals surface area (Å²) in [5.74, 6) is 0. The molecule has 1 aliphatic heterocycles. The first kappa shape index (κ1) is 12.4. The highest BCUT2D eigenvalue weighted by Gasteiger charge is 2.16. The molecule has 0 spiro atoms. The summed E-state index contributed by atoms with van der Waals surface area (Å²) in [6.45, 7) is 11.1. The van der Waals surface area contributed by atoms with Crippen molar-refractivity contribution in [1.82, 2.24) is 4.90 Å². The molecule has 1 saturated heterocycles. The van der Waals surface area contributed by atoms with Crippen molar-refractivity contribution in [2.45, 2.75) is 39.7 Å². The lowest BCUT2D eigenvalue weighted by atomic mass is 10.2. The predicted octanol–water partition coefficient (Wildman–Crippen LogP) is 3.24. The fraction of sp³-hybridized carbons (Fsp3) is 0.667. The predicted molar refractivity (Wildman–Crippen MR) is 61.0 cm³/mol. The van der Waals surface area contributed by atoms with E-state index in [4.69, 9.17) is 0 Å². The van der Waals surface area contributed by atoms with Gasteiger partial charge in [0.1, 0.15) is 0 Å². The van der Waals surface area contributed by atoms with E-state index >= 15 is 0 Å². The van der Waals surface area contributed by atoms with Crippen LogP contribution in [0.5, 0.6) is 0 Å². The Bertz CT molecular complexity index is 170. The summed E-state index contributed by atoms with van der Waals surface area (Å²) in [4.78, 5) is 2.39. The fourth-order valence-electron chi connectivity index (χ4n) is 1.45. The minimum absolute atomic E-state index is 0.659. The van der Waals surface area contributed by atoms with Crippen molar-refractivity contribution in [1.29, 1.82) is 0 Å². The van der Waals surface area contributed by atoms with E-state index in [1.807, 2.05) is 20.8 Å². The second-order valence-corrected chi connectivity index (χ2v) is 3.40. The normalized spacial score (nSPS) is 22.9. The maximum Gasteiger partial charge on any atom is 0.0278 e. The molecule has 0 amide bonds. The third kappa shape index (κ3) is 4.89. The van der Waals surface area contributed by atoms with E-state index in [1.165, 1.54) is 19.4 Å². The Morgan fingerprint density at radius 1 is 1.46 bits per heavy atom. The summed E-state index contributed by atoms with van der Waals surface area (Å²) in [5.41, 5.74) is 1.14. The zero-order valence-corrected chi connectivity index (χ0v) is 9.51. The minimum Gasteiger partial charge on any atom is -0.300 e. The molecule has 0 aromatic carbocycles. The first-order valence-corrected chi connectivity index (χ1v) is 5.24. The molecule has 1 heterocycles. The number of likely N-dealkylation sites (tertiary alicyclic amines) is 1. The molecule has 0 aromatic heterocycles. The van der Waals surface area contributed by atoms with Gasteiger partial charge in [-0.15, -0.1) is 0 Å². The molecule has 13 heavy (non-hydrogen) atoms. The van der Waals surface area contributed by atoms with E-state index in [-0.39, 0.29) is 0 Å². The largest absolute Gasteiger partial charge is 0.300 e. The van der Waals surface area contributed by atoms with Crippen LogP contribution in [-0.4, -0.2) is 24.5 Å². The minimum atomic E-state index is 0.659. The molecule has 1 aliphatic rings. The second kappa shape index (κ2) is 6.90. The van der Waals surface area contributed by atoms with Crippen LogP contribution in [0.1, 0.15) is 33.6 Å². The monoisotopic (exact) mass is 181 g/mol. The Balaban J connectivity index is 0.000000671. The Morgan fingerprint density at radius 3 is 2.46 bits per heavy atom. The van der Waals surface area contributed by atoms with Gasteiger partial charge in [-0.05, 0) is 33.4 Å². The molecule has 1 atom stereocenters. The Labute approximate surface area is 83.1 Å². The van der Waals surface area contributed by atoms with Crippen LogP contribution in [0.3, 0.4) is 0 Å². The van der Waals surface area contributed by atoms with E-state index in [9.17, 15) is 0 Å². The van der Waals surface area contributed by atoms with Gasteiger partial charge in [-0.2, -0.15) is 0 Å². The number of likely N-dealkylation sites (N-methyl/N-ethyl adjacent to an activating group) is 1. The van der Waals surface area contributed by atoms with Gasteiger partial charge in [-0.25, -0.2) is 0 Å². The SMILES string of the molecule is C=C(C)/C=C/[C@H]1CCCN1C.CC. The van der Waals surface area contributed by atoms with Crippen LogP contribution in [0.4, 0.5) is 0 Å². The van der Waals surface area contributed by atoms with E-state index in [1.54, 1.807) is 0 Å². The van der Waals surface area contributed by atoms with Crippen LogP contribution in [0, 0.1) is 0 Å². The molecule has 1 heteroatoms. The van der Waals surface area contributed by atoms with Gasteiger partial charge in [0.15, 0.2) is 0 Å². The molecular weight excluding hydrogens is 158 g/mol. The smallest absolute Gasteiger partial charge is 0.0278 e. The molecule has 76 valence electrons. The van der Waals surface area contributed by atoms with Gasteiger partial charge < -0.3 is 0 Å². The zero-order valence-electron chi connectivity index (χ0n) is 9.51. The lowest BCUT2D eigenvalue weighted by Crippen LogP contribution is -2.22. The topological polar surface area (TPSA) is 3.24 Å². The van der Waals surface area contributed by atoms with E-state index in [0.717, 1.165) is 5.57 Å². The van der Waals surface area contributed by atoms with Crippen LogP contribution >= 0.6 is 0 Å². The molecule has 1 nitrogen and oxygen atoms in total. The molecule has 1 fully saturated rings. The summed E-state index contributed by atoms with van der Waals surface area (Å²) in [6, 6.07) is 0.659. The van der Waals surface area contributed by atoms with E-state index in [0.29, 0.717) is 6.04 Å². The van der Waals surface area contributed by atoms with E-state index < -0.39 is 0 Å². The first-order chi connectivity index (χ1) is 6.20. The number of nitrogens with zero attached hydrogens (tertiary/aromatic N) is 1. The molecule has 0 N–H and O–H groups in total. The summed E-state index contributed by atoms with van der Waals surface area (Å²) in [5, 5.41) is 0. The van der Waals surface area contributed by atoms with Gasteiger partial charge in [0.25, 0.3) is 0 Å². The summed E-state index contributed by atoms with van der Waals surface area (Å²) in [6.07, 6.45) is 7.02. The fourth-order valence-corrected chi connectivity index (χ4v) is 1.45. The maximum absolute atomic E-state index is 3.84. The molecule has 1 rings (SSSR count). The van der Waals surface area contributed by atoms with Crippen molar-refractivity contribution < 1.29 is 0 Å². The van der Waals surface area contributed by atoms with Crippen LogP contribution in [0.15, 0.2) is 24.3 Å². The molecule has 0 bridgehead atoms. The van der Waals surface area contributed by atoms with Crippen molar-refractivity contribution in [3.8, 4) is 0 Å². The van der Waals surface area contributed by atoms with Crippen LogP contribution in [0.25, 0.3) is 0 Å². The van der Waals surface area contributed by atoms with Crippen molar-refractivity contribution in [3.63, 3.8) is 0 Å². The Hall–Kier alpha value is -0.560. The molecule has 0 unspecified atom stereocenters. The van der Waals surface area contributed by atoms with Gasteiger partial charge in [-0.1, -0.05) is 38.2 Å². The summed E-state index contributed by atoms with van der Waals surface area (Å²) < 4.78 is 0. The highest BCUT2D eigenvalue weighted by atomic mass is 15.1. The molecule has 0 aliphatic carbocycles. The van der Waals surface area contributed by atoms with Gasteiger partial charge >= 0.3 is 0 Å². The van der Waals surface area contributed by atoms with Crippen molar-refractivity contribution in [3.05, 3.63) is 24.3 Å². The average Bonchev–Trinajstić information content (AvgIpc) is 2.51. The lowest BCUT2D eigenvalue weighted by molar-refractivity contribution is 0.357. The van der Waals surface area contributed by atoms with Crippen LogP contribution < -0.4 is 0 Å². The van der Waals surface area contributed by atoms with Gasteiger partial charge in [0.2, 0.25) is 0 Å². The van der Waals surface area contributed by atoms with Crippen molar-refractivity contribution in [2.75, 3.05) is 13.6 Å². The van der Waals surface area contributed by atoms with Crippen molar-refractivity contribution >= 4 is 0 Å². The second-order valence-electron chi connectivity index (χ2n) is 3.40. The third-order valence-corrected chi connectivity index (χ3v) is 2.18. The zero-order chi connectivity index (χ0) is 10.3. The Morgan fingerprint density at radius 2 is 2.08 bits per heavy atom. The number of allylic oxidation sites excluding steroid dienone is 2. The molecule has 0 aromatic rings.